The van der Waals surface area contributed by atoms with E-state index in [0.717, 1.165) is 12.8 Å². The van der Waals surface area contributed by atoms with Gasteiger partial charge in [0.1, 0.15) is 5.75 Å². The molecule has 1 saturated heterocycles. The number of imide groups is 1. The number of ether oxygens (including phenoxy) is 1. The Morgan fingerprint density at radius 1 is 1.25 bits per heavy atom. The van der Waals surface area contributed by atoms with Gasteiger partial charge in [-0.2, -0.15) is 0 Å². The number of rotatable bonds is 9. The van der Waals surface area contributed by atoms with E-state index in [1.54, 1.807) is 31.4 Å². The lowest BCUT2D eigenvalue weighted by molar-refractivity contribution is -0.137. The number of hydrogen-bond acceptors (Lipinski definition) is 5. The minimum atomic E-state index is -0.797. The first-order chi connectivity index (χ1) is 11.5. The van der Waals surface area contributed by atoms with Gasteiger partial charge in [-0.05, 0) is 43.7 Å². The highest BCUT2D eigenvalue weighted by molar-refractivity contribution is 6.22. The number of carboxylic acids is 1. The van der Waals surface area contributed by atoms with Crippen LogP contribution in [0.3, 0.4) is 0 Å². The van der Waals surface area contributed by atoms with E-state index in [9.17, 15) is 14.4 Å². The summed E-state index contributed by atoms with van der Waals surface area (Å²) in [5, 5.41) is 11.7. The summed E-state index contributed by atoms with van der Waals surface area (Å²) < 4.78 is 5.07. The molecule has 0 aromatic heterocycles. The number of nitrogens with zero attached hydrogens (tertiary/aromatic N) is 1. The second-order valence-corrected chi connectivity index (χ2v) is 5.68. The zero-order valence-corrected chi connectivity index (χ0v) is 13.7. The zero-order valence-electron chi connectivity index (χ0n) is 13.7. The quantitative estimate of drug-likeness (QED) is 0.525. The van der Waals surface area contributed by atoms with Crippen LogP contribution in [0.1, 0.15) is 32.1 Å². The number of carbonyl (C=O) groups excluding carboxylic acids is 2. The van der Waals surface area contributed by atoms with Crippen molar-refractivity contribution in [1.82, 2.24) is 5.32 Å². The highest BCUT2D eigenvalue weighted by atomic mass is 16.5. The van der Waals surface area contributed by atoms with Crippen molar-refractivity contribution >= 4 is 23.5 Å². The Morgan fingerprint density at radius 2 is 1.96 bits per heavy atom. The van der Waals surface area contributed by atoms with Crippen molar-refractivity contribution in [1.29, 1.82) is 0 Å². The summed E-state index contributed by atoms with van der Waals surface area (Å²) in [6.45, 7) is 0.583. The van der Waals surface area contributed by atoms with Crippen LogP contribution < -0.4 is 15.0 Å². The van der Waals surface area contributed by atoms with E-state index in [-0.39, 0.29) is 24.7 Å². The molecule has 1 aliphatic heterocycles. The third-order valence-electron chi connectivity index (χ3n) is 3.94. The van der Waals surface area contributed by atoms with E-state index in [0.29, 0.717) is 24.4 Å². The van der Waals surface area contributed by atoms with Gasteiger partial charge in [-0.25, -0.2) is 4.90 Å². The summed E-state index contributed by atoms with van der Waals surface area (Å²) in [4.78, 5) is 36.2. The first-order valence-electron chi connectivity index (χ1n) is 7.99. The first kappa shape index (κ1) is 17.9. The van der Waals surface area contributed by atoms with Crippen LogP contribution in [0.15, 0.2) is 24.3 Å². The second kappa shape index (κ2) is 8.44. The van der Waals surface area contributed by atoms with Crippen LogP contribution in [0.25, 0.3) is 0 Å². The van der Waals surface area contributed by atoms with Gasteiger partial charge in [0.15, 0.2) is 0 Å². The molecule has 24 heavy (non-hydrogen) atoms. The number of amides is 2. The molecule has 7 heteroatoms. The third kappa shape index (κ3) is 4.55. The van der Waals surface area contributed by atoms with Gasteiger partial charge in [-0.3, -0.25) is 14.4 Å². The molecule has 1 aromatic carbocycles. The summed E-state index contributed by atoms with van der Waals surface area (Å²) in [6.07, 6.45) is 2.46. The van der Waals surface area contributed by atoms with Crippen LogP contribution in [0.2, 0.25) is 0 Å². The van der Waals surface area contributed by atoms with E-state index in [1.807, 2.05) is 0 Å². The fourth-order valence-corrected chi connectivity index (χ4v) is 2.65. The van der Waals surface area contributed by atoms with Crippen molar-refractivity contribution in [2.45, 2.75) is 38.1 Å². The van der Waals surface area contributed by atoms with E-state index in [1.165, 1.54) is 4.90 Å². The highest BCUT2D eigenvalue weighted by Gasteiger charge is 2.39. The molecule has 1 heterocycles. The number of methoxy groups -OCH3 is 1. The van der Waals surface area contributed by atoms with Crippen molar-refractivity contribution in [3.63, 3.8) is 0 Å². The van der Waals surface area contributed by atoms with E-state index in [4.69, 9.17) is 9.84 Å². The number of carbonyl (C=O) groups is 3. The third-order valence-corrected chi connectivity index (χ3v) is 3.94. The largest absolute Gasteiger partial charge is 0.497 e. The van der Waals surface area contributed by atoms with Gasteiger partial charge >= 0.3 is 5.97 Å². The van der Waals surface area contributed by atoms with Crippen LogP contribution in [0, 0.1) is 0 Å². The number of unbranched alkanes of at least 4 members (excludes halogenated alkanes) is 2. The average Bonchev–Trinajstić information content (AvgIpc) is 2.84. The zero-order chi connectivity index (χ0) is 17.5. The molecule has 0 unspecified atom stereocenters. The maximum Gasteiger partial charge on any atom is 0.303 e. The Labute approximate surface area is 140 Å². The first-order valence-corrected chi connectivity index (χ1v) is 7.99. The minimum Gasteiger partial charge on any atom is -0.497 e. The smallest absolute Gasteiger partial charge is 0.303 e. The van der Waals surface area contributed by atoms with E-state index in [2.05, 4.69) is 5.32 Å². The Morgan fingerprint density at radius 3 is 2.58 bits per heavy atom. The molecule has 1 atom stereocenters. The van der Waals surface area contributed by atoms with Gasteiger partial charge in [-0.1, -0.05) is 6.42 Å². The number of aliphatic carboxylic acids is 1. The van der Waals surface area contributed by atoms with Gasteiger partial charge in [-0.15, -0.1) is 0 Å². The molecule has 2 rings (SSSR count). The van der Waals surface area contributed by atoms with Crippen molar-refractivity contribution in [3.05, 3.63) is 24.3 Å². The van der Waals surface area contributed by atoms with Crippen LogP contribution in [0.4, 0.5) is 5.69 Å². The Hall–Kier alpha value is -2.41. The lowest BCUT2D eigenvalue weighted by atomic mass is 10.2. The molecule has 0 saturated carbocycles. The van der Waals surface area contributed by atoms with E-state index >= 15 is 0 Å². The summed E-state index contributed by atoms with van der Waals surface area (Å²) in [6, 6.07) is 6.27. The molecule has 130 valence electrons. The summed E-state index contributed by atoms with van der Waals surface area (Å²) in [5.41, 5.74) is 0.538. The molecule has 0 aliphatic carbocycles. The number of anilines is 1. The predicted molar refractivity (Wildman–Crippen MR) is 88.0 cm³/mol. The number of hydrogen-bond donors (Lipinski definition) is 2. The Bertz CT molecular complexity index is 600. The molecule has 2 N–H and O–H groups in total. The van der Waals surface area contributed by atoms with Crippen LogP contribution in [-0.4, -0.2) is 42.6 Å². The van der Waals surface area contributed by atoms with Gasteiger partial charge in [0, 0.05) is 6.42 Å². The SMILES string of the molecule is COc1ccc(N2C(=O)C[C@@H](NCCCCCC(=O)O)C2=O)cc1. The average molecular weight is 334 g/mol. The van der Waals surface area contributed by atoms with Crippen LogP contribution in [0.5, 0.6) is 5.75 Å². The van der Waals surface area contributed by atoms with Crippen molar-refractivity contribution in [3.8, 4) is 5.75 Å². The van der Waals surface area contributed by atoms with Gasteiger partial charge in [0.05, 0.1) is 25.3 Å². The molecule has 0 radical (unpaired) electrons. The standard InChI is InChI=1S/C17H22N2O5/c1-24-13-8-6-12(7-9-13)19-15(20)11-14(17(19)23)18-10-4-2-3-5-16(21)22/h6-9,14,18H,2-5,10-11H2,1H3,(H,21,22)/t14-/m1/s1. The van der Waals surface area contributed by atoms with Crippen molar-refractivity contribution in [2.24, 2.45) is 0 Å². The maximum atomic E-state index is 12.4. The topological polar surface area (TPSA) is 95.9 Å². The van der Waals surface area contributed by atoms with Gasteiger partial charge < -0.3 is 15.2 Å². The number of benzene rings is 1. The number of nitrogens with one attached hydrogen (secondary N) is 1. The fraction of sp³-hybridized carbons (Fsp3) is 0.471. The van der Waals surface area contributed by atoms with Crippen LogP contribution >= 0.6 is 0 Å². The van der Waals surface area contributed by atoms with Gasteiger partial charge in [0.25, 0.3) is 5.91 Å². The van der Waals surface area contributed by atoms with E-state index < -0.39 is 12.0 Å². The summed E-state index contributed by atoms with van der Waals surface area (Å²) in [5.74, 6) is -0.618. The molecule has 1 aromatic rings. The molecule has 2 amide bonds. The summed E-state index contributed by atoms with van der Waals surface area (Å²) in [7, 11) is 1.55. The Kier molecular flexibility index (Phi) is 6.31. The molecule has 0 bridgehead atoms. The molecule has 0 spiro atoms. The minimum absolute atomic E-state index is 0.139. The maximum absolute atomic E-state index is 12.4. The summed E-state index contributed by atoms with van der Waals surface area (Å²) >= 11 is 0. The van der Waals surface area contributed by atoms with Gasteiger partial charge in [0.2, 0.25) is 5.91 Å². The monoisotopic (exact) mass is 334 g/mol. The highest BCUT2D eigenvalue weighted by Crippen LogP contribution is 2.25. The second-order valence-electron chi connectivity index (χ2n) is 5.68. The molecular formula is C17H22N2O5. The van der Waals surface area contributed by atoms with Crippen molar-refractivity contribution < 1.29 is 24.2 Å². The predicted octanol–water partition coefficient (Wildman–Crippen LogP) is 1.56. The molecular weight excluding hydrogens is 312 g/mol. The normalized spacial score (nSPS) is 17.4. The Balaban J connectivity index is 1.83. The van der Waals surface area contributed by atoms with Crippen molar-refractivity contribution in [2.75, 3.05) is 18.6 Å². The lowest BCUT2D eigenvalue weighted by Crippen LogP contribution is -2.39. The lowest BCUT2D eigenvalue weighted by Gasteiger charge is -2.16. The number of carboxylic acid groups (broad SMARTS) is 1. The molecule has 1 fully saturated rings. The fourth-order valence-electron chi connectivity index (χ4n) is 2.65. The molecule has 7 nitrogen and oxygen atoms in total. The molecule has 1 aliphatic rings. The van der Waals surface area contributed by atoms with Crippen LogP contribution in [-0.2, 0) is 14.4 Å².